The molecule has 0 amide bonds. The minimum absolute atomic E-state index is 0.594. The van der Waals surface area contributed by atoms with Gasteiger partial charge in [-0.15, -0.1) is 0 Å². The van der Waals surface area contributed by atoms with E-state index in [9.17, 15) is 0 Å². The molecule has 0 aliphatic carbocycles. The number of aryl methyl sites for hydroxylation is 4. The summed E-state index contributed by atoms with van der Waals surface area (Å²) < 4.78 is 0. The molecule has 0 spiro atoms. The lowest BCUT2D eigenvalue weighted by Crippen LogP contribution is -2.45. The molecule has 2 aromatic carbocycles. The van der Waals surface area contributed by atoms with Crippen LogP contribution in [0.4, 0.5) is 0 Å². The Bertz CT molecular complexity index is 1300. The predicted molar refractivity (Wildman–Crippen MR) is 165 cm³/mol. The summed E-state index contributed by atoms with van der Waals surface area (Å²) in [6, 6.07) is 23.2. The molecule has 2 atom stereocenters. The average Bonchev–Trinajstić information content (AvgIpc) is 3.59. The smallest absolute Gasteiger partial charge is 0.0544 e. The van der Waals surface area contributed by atoms with Crippen LogP contribution in [0.2, 0.25) is 0 Å². The lowest BCUT2D eigenvalue weighted by atomic mass is 9.97. The van der Waals surface area contributed by atoms with E-state index in [-0.39, 0.29) is 0 Å². The monoisotopic (exact) mass is 530 g/mol. The van der Waals surface area contributed by atoms with Gasteiger partial charge >= 0.3 is 0 Å². The largest absolute Gasteiger partial charge is 0.293 e. The summed E-state index contributed by atoms with van der Waals surface area (Å²) in [5.41, 5.74) is 12.7. The highest BCUT2D eigenvalue weighted by molar-refractivity contribution is 5.70. The molecule has 2 saturated heterocycles. The second-order valence-corrected chi connectivity index (χ2v) is 12.0. The predicted octanol–water partition coefficient (Wildman–Crippen LogP) is 7.67. The molecule has 2 aliphatic heterocycles. The molecule has 40 heavy (non-hydrogen) atoms. The minimum Gasteiger partial charge on any atom is -0.293 e. The lowest BCUT2D eigenvalue weighted by Gasteiger charge is -2.35. The standard InChI is InChI=1S/C36H42N4/c1-25-9-5-10-26(2)35(25)29-15-17-31(37-21-29)23-39-19-7-13-33(39)34-14-8-20-40(34)24-32-18-16-30(22-38-32)36-27(3)11-6-12-28(36)4/h5-6,9-12,15-18,21-22,33-34H,7-8,13-14,19-20,23-24H2,1-4H3/t33-,34-/m1/s1. The van der Waals surface area contributed by atoms with Crippen molar-refractivity contribution in [2.75, 3.05) is 13.1 Å². The van der Waals surface area contributed by atoms with Gasteiger partial charge in [0.15, 0.2) is 0 Å². The van der Waals surface area contributed by atoms with E-state index in [0.717, 1.165) is 26.2 Å². The minimum atomic E-state index is 0.594. The van der Waals surface area contributed by atoms with Crippen LogP contribution in [0.5, 0.6) is 0 Å². The van der Waals surface area contributed by atoms with Gasteiger partial charge in [-0.3, -0.25) is 19.8 Å². The van der Waals surface area contributed by atoms with E-state index in [1.807, 2.05) is 0 Å². The third-order valence-electron chi connectivity index (χ3n) is 9.19. The van der Waals surface area contributed by atoms with E-state index >= 15 is 0 Å². The molecule has 4 heterocycles. The number of likely N-dealkylation sites (tertiary alicyclic amines) is 2. The van der Waals surface area contributed by atoms with Crippen LogP contribution in [0.25, 0.3) is 22.3 Å². The molecule has 0 radical (unpaired) electrons. The zero-order valence-corrected chi connectivity index (χ0v) is 24.5. The van der Waals surface area contributed by atoms with Crippen molar-refractivity contribution in [3.63, 3.8) is 0 Å². The molecule has 4 nitrogen and oxygen atoms in total. The van der Waals surface area contributed by atoms with Gasteiger partial charge in [0.1, 0.15) is 0 Å². The van der Waals surface area contributed by atoms with Crippen molar-refractivity contribution in [1.29, 1.82) is 0 Å². The molecule has 0 bridgehead atoms. The van der Waals surface area contributed by atoms with E-state index < -0.39 is 0 Å². The van der Waals surface area contributed by atoms with Gasteiger partial charge in [-0.2, -0.15) is 0 Å². The van der Waals surface area contributed by atoms with Crippen LogP contribution in [0.15, 0.2) is 73.1 Å². The number of benzene rings is 2. The molecule has 4 aromatic rings. The first-order valence-electron chi connectivity index (χ1n) is 15.0. The van der Waals surface area contributed by atoms with Crippen LogP contribution in [0.1, 0.15) is 59.3 Å². The first kappa shape index (κ1) is 26.9. The maximum absolute atomic E-state index is 4.93. The third kappa shape index (κ3) is 5.48. The highest BCUT2D eigenvalue weighted by atomic mass is 15.3. The molecule has 2 fully saturated rings. The van der Waals surface area contributed by atoms with E-state index in [1.165, 1.54) is 81.6 Å². The average molecular weight is 531 g/mol. The van der Waals surface area contributed by atoms with Gasteiger partial charge in [-0.1, -0.05) is 48.5 Å². The summed E-state index contributed by atoms with van der Waals surface area (Å²) in [7, 11) is 0. The zero-order chi connectivity index (χ0) is 27.6. The summed E-state index contributed by atoms with van der Waals surface area (Å²) in [6.45, 7) is 13.0. The summed E-state index contributed by atoms with van der Waals surface area (Å²) in [5.74, 6) is 0. The fraction of sp³-hybridized carbons (Fsp3) is 0.389. The first-order valence-corrected chi connectivity index (χ1v) is 15.0. The maximum Gasteiger partial charge on any atom is 0.0544 e. The van der Waals surface area contributed by atoms with Crippen molar-refractivity contribution in [1.82, 2.24) is 19.8 Å². The van der Waals surface area contributed by atoms with E-state index in [2.05, 4.69) is 111 Å². The van der Waals surface area contributed by atoms with Crippen LogP contribution in [-0.2, 0) is 13.1 Å². The normalized spacial score (nSPS) is 19.9. The van der Waals surface area contributed by atoms with Crippen LogP contribution in [0, 0.1) is 27.7 Å². The van der Waals surface area contributed by atoms with Gasteiger partial charge in [-0.25, -0.2) is 0 Å². The Balaban J connectivity index is 1.13. The van der Waals surface area contributed by atoms with Crippen LogP contribution in [0.3, 0.4) is 0 Å². The summed E-state index contributed by atoms with van der Waals surface area (Å²) in [4.78, 5) is 15.2. The lowest BCUT2D eigenvalue weighted by molar-refractivity contribution is 0.122. The zero-order valence-electron chi connectivity index (χ0n) is 24.5. The van der Waals surface area contributed by atoms with Gasteiger partial charge < -0.3 is 0 Å². The van der Waals surface area contributed by atoms with Crippen molar-refractivity contribution in [2.24, 2.45) is 0 Å². The summed E-state index contributed by atoms with van der Waals surface area (Å²) in [6.07, 6.45) is 9.26. The van der Waals surface area contributed by atoms with Gasteiger partial charge in [0.25, 0.3) is 0 Å². The van der Waals surface area contributed by atoms with Gasteiger partial charge in [0.05, 0.1) is 11.4 Å². The van der Waals surface area contributed by atoms with E-state index in [0.29, 0.717) is 12.1 Å². The fourth-order valence-electron chi connectivity index (χ4n) is 7.26. The molecule has 0 unspecified atom stereocenters. The van der Waals surface area contributed by atoms with Crippen LogP contribution in [-0.4, -0.2) is 44.9 Å². The van der Waals surface area contributed by atoms with Crippen molar-refractivity contribution >= 4 is 0 Å². The highest BCUT2D eigenvalue weighted by Gasteiger charge is 2.37. The number of hydrogen-bond donors (Lipinski definition) is 0. The Morgan fingerprint density at radius 1 is 0.575 bits per heavy atom. The maximum atomic E-state index is 4.93. The molecule has 4 heteroatoms. The van der Waals surface area contributed by atoms with Crippen LogP contribution < -0.4 is 0 Å². The molecular formula is C36H42N4. The molecule has 206 valence electrons. The molecular weight excluding hydrogens is 488 g/mol. The number of hydrogen-bond acceptors (Lipinski definition) is 4. The summed E-state index contributed by atoms with van der Waals surface area (Å²) >= 11 is 0. The van der Waals surface area contributed by atoms with Crippen LogP contribution >= 0.6 is 0 Å². The Morgan fingerprint density at radius 3 is 1.32 bits per heavy atom. The van der Waals surface area contributed by atoms with Gasteiger partial charge in [0.2, 0.25) is 0 Å². The Labute approximate surface area is 240 Å². The van der Waals surface area contributed by atoms with Gasteiger partial charge in [0, 0.05) is 48.7 Å². The Morgan fingerprint density at radius 2 is 0.975 bits per heavy atom. The highest BCUT2D eigenvalue weighted by Crippen LogP contribution is 2.33. The number of nitrogens with zero attached hydrogens (tertiary/aromatic N) is 4. The second kappa shape index (κ2) is 11.6. The molecule has 0 saturated carbocycles. The number of pyridine rings is 2. The first-order chi connectivity index (χ1) is 19.5. The summed E-state index contributed by atoms with van der Waals surface area (Å²) in [5, 5.41) is 0. The number of aromatic nitrogens is 2. The molecule has 2 aromatic heterocycles. The molecule has 0 N–H and O–H groups in total. The Hall–Kier alpha value is -3.34. The quantitative estimate of drug-likeness (QED) is 0.245. The topological polar surface area (TPSA) is 32.3 Å². The molecule has 2 aliphatic rings. The second-order valence-electron chi connectivity index (χ2n) is 12.0. The van der Waals surface area contributed by atoms with E-state index in [4.69, 9.17) is 9.97 Å². The third-order valence-corrected chi connectivity index (χ3v) is 9.19. The Kier molecular flexibility index (Phi) is 7.82. The number of rotatable bonds is 7. The van der Waals surface area contributed by atoms with E-state index in [1.54, 1.807) is 0 Å². The van der Waals surface area contributed by atoms with Crippen molar-refractivity contribution in [2.45, 2.75) is 78.6 Å². The SMILES string of the molecule is Cc1cccc(C)c1-c1ccc(CN2CCC[C@@H]2[C@H]2CCCN2Cc2ccc(-c3c(C)cccc3C)cn2)nc1. The van der Waals surface area contributed by atoms with Crippen molar-refractivity contribution in [3.8, 4) is 22.3 Å². The van der Waals surface area contributed by atoms with Crippen molar-refractivity contribution < 1.29 is 0 Å². The van der Waals surface area contributed by atoms with Gasteiger partial charge in [-0.05, 0) is 112 Å². The fourth-order valence-corrected chi connectivity index (χ4v) is 7.26. The van der Waals surface area contributed by atoms with Crippen molar-refractivity contribution in [3.05, 3.63) is 107 Å². The molecule has 6 rings (SSSR count).